The molecule has 2 amide bonds. The number of hydrogen-bond donors (Lipinski definition) is 1. The van der Waals surface area contributed by atoms with Crippen LogP contribution in [0.3, 0.4) is 0 Å². The molecule has 1 aliphatic rings. The predicted octanol–water partition coefficient (Wildman–Crippen LogP) is 3.34. The summed E-state index contributed by atoms with van der Waals surface area (Å²) >= 11 is 0. The molecule has 6 heteroatoms. The number of amides is 2. The van der Waals surface area contributed by atoms with Gasteiger partial charge in [0.15, 0.2) is 0 Å². The molecule has 3 rings (SSSR count). The molecule has 0 radical (unpaired) electrons. The number of ether oxygens (including phenoxy) is 2. The zero-order valence-electron chi connectivity index (χ0n) is 14.0. The Morgan fingerprint density at radius 1 is 1.33 bits per heavy atom. The molecule has 0 saturated carbocycles. The minimum atomic E-state index is -0.0726. The maximum absolute atomic E-state index is 12.6. The molecule has 1 aliphatic heterocycles. The third-order valence-electron chi connectivity index (χ3n) is 4.34. The van der Waals surface area contributed by atoms with Gasteiger partial charge in [-0.25, -0.2) is 4.79 Å². The van der Waals surface area contributed by atoms with E-state index in [0.29, 0.717) is 6.54 Å². The first kappa shape index (κ1) is 16.2. The molecule has 0 bridgehead atoms. The van der Waals surface area contributed by atoms with Gasteiger partial charge in [0, 0.05) is 30.3 Å². The lowest BCUT2D eigenvalue weighted by molar-refractivity contribution is 0.191. The molecule has 1 atom stereocenters. The minimum Gasteiger partial charge on any atom is -0.497 e. The van der Waals surface area contributed by atoms with E-state index in [9.17, 15) is 4.79 Å². The Kier molecular flexibility index (Phi) is 4.93. The molecule has 0 aliphatic carbocycles. The van der Waals surface area contributed by atoms with Gasteiger partial charge in [0.1, 0.15) is 11.5 Å². The summed E-state index contributed by atoms with van der Waals surface area (Å²) < 4.78 is 15.8. The molecular formula is C18H22N2O4. The molecular weight excluding hydrogens is 308 g/mol. The standard InChI is InChI=1S/C18H22N2O4/c1-22-14-5-6-15(17(10-14)23-2)16-4-3-8-20(16)18(21)19-11-13-7-9-24-12-13/h5-7,9-10,12,16H,3-4,8,11H2,1-2H3,(H,19,21)/t16-/m0/s1. The monoisotopic (exact) mass is 330 g/mol. The lowest BCUT2D eigenvalue weighted by Crippen LogP contribution is -2.39. The van der Waals surface area contributed by atoms with Crippen molar-refractivity contribution in [3.8, 4) is 11.5 Å². The molecule has 2 heterocycles. The number of nitrogens with zero attached hydrogens (tertiary/aromatic N) is 1. The Morgan fingerprint density at radius 2 is 2.21 bits per heavy atom. The molecule has 128 valence electrons. The van der Waals surface area contributed by atoms with Crippen LogP contribution in [0.1, 0.15) is 30.0 Å². The average molecular weight is 330 g/mol. The molecule has 1 aromatic carbocycles. The van der Waals surface area contributed by atoms with Gasteiger partial charge in [0.25, 0.3) is 0 Å². The second-order valence-corrected chi connectivity index (χ2v) is 5.75. The van der Waals surface area contributed by atoms with Crippen molar-refractivity contribution in [1.82, 2.24) is 10.2 Å². The van der Waals surface area contributed by atoms with Crippen LogP contribution in [-0.4, -0.2) is 31.7 Å². The predicted molar refractivity (Wildman–Crippen MR) is 89.2 cm³/mol. The molecule has 6 nitrogen and oxygen atoms in total. The molecule has 1 aromatic heterocycles. The van der Waals surface area contributed by atoms with E-state index in [-0.39, 0.29) is 12.1 Å². The van der Waals surface area contributed by atoms with E-state index in [1.165, 1.54) is 0 Å². The third kappa shape index (κ3) is 3.32. The van der Waals surface area contributed by atoms with E-state index in [1.54, 1.807) is 26.7 Å². The van der Waals surface area contributed by atoms with Crippen molar-refractivity contribution in [2.75, 3.05) is 20.8 Å². The van der Waals surface area contributed by atoms with Gasteiger partial charge in [-0.2, -0.15) is 0 Å². The fourth-order valence-electron chi connectivity index (χ4n) is 3.10. The summed E-state index contributed by atoms with van der Waals surface area (Å²) in [5, 5.41) is 2.95. The van der Waals surface area contributed by atoms with Crippen LogP contribution in [0.25, 0.3) is 0 Å². The van der Waals surface area contributed by atoms with Gasteiger partial charge in [-0.15, -0.1) is 0 Å². The summed E-state index contributed by atoms with van der Waals surface area (Å²) in [6, 6.07) is 7.51. The van der Waals surface area contributed by atoms with Crippen molar-refractivity contribution in [1.29, 1.82) is 0 Å². The summed E-state index contributed by atoms with van der Waals surface area (Å²) in [5.74, 6) is 1.48. The van der Waals surface area contributed by atoms with Crippen molar-refractivity contribution < 1.29 is 18.7 Å². The number of rotatable bonds is 5. The van der Waals surface area contributed by atoms with Gasteiger partial charge >= 0.3 is 6.03 Å². The Bertz CT molecular complexity index is 684. The third-order valence-corrected chi connectivity index (χ3v) is 4.34. The van der Waals surface area contributed by atoms with Crippen LogP contribution in [0.2, 0.25) is 0 Å². The molecule has 2 aromatic rings. The molecule has 1 N–H and O–H groups in total. The lowest BCUT2D eigenvalue weighted by Gasteiger charge is -2.26. The summed E-state index contributed by atoms with van der Waals surface area (Å²) in [4.78, 5) is 14.4. The Morgan fingerprint density at radius 3 is 2.92 bits per heavy atom. The molecule has 1 saturated heterocycles. The summed E-state index contributed by atoms with van der Waals surface area (Å²) in [7, 11) is 3.26. The SMILES string of the molecule is COc1ccc([C@@H]2CCCN2C(=O)NCc2ccoc2)c(OC)c1. The number of hydrogen-bond acceptors (Lipinski definition) is 4. The normalized spacial score (nSPS) is 16.9. The van der Waals surface area contributed by atoms with E-state index < -0.39 is 0 Å². The zero-order valence-corrected chi connectivity index (χ0v) is 14.0. The first-order valence-corrected chi connectivity index (χ1v) is 8.00. The highest BCUT2D eigenvalue weighted by Crippen LogP contribution is 2.38. The van der Waals surface area contributed by atoms with E-state index >= 15 is 0 Å². The lowest BCUT2D eigenvalue weighted by atomic mass is 10.0. The van der Waals surface area contributed by atoms with Crippen molar-refractivity contribution in [2.24, 2.45) is 0 Å². The maximum atomic E-state index is 12.6. The molecule has 24 heavy (non-hydrogen) atoms. The highest BCUT2D eigenvalue weighted by atomic mass is 16.5. The Labute approximate surface area is 141 Å². The Hall–Kier alpha value is -2.63. The van der Waals surface area contributed by atoms with Gasteiger partial charge < -0.3 is 24.1 Å². The smallest absolute Gasteiger partial charge is 0.318 e. The fraction of sp³-hybridized carbons (Fsp3) is 0.389. The number of carbonyl (C=O) groups excluding carboxylic acids is 1. The van der Waals surface area contributed by atoms with Crippen LogP contribution in [0.4, 0.5) is 4.79 Å². The van der Waals surface area contributed by atoms with E-state index in [1.807, 2.05) is 29.2 Å². The zero-order chi connectivity index (χ0) is 16.9. The number of methoxy groups -OCH3 is 2. The van der Waals surface area contributed by atoms with Crippen LogP contribution < -0.4 is 14.8 Å². The van der Waals surface area contributed by atoms with E-state index in [0.717, 1.165) is 42.0 Å². The summed E-state index contributed by atoms with van der Waals surface area (Å²) in [6.07, 6.45) is 5.12. The fourth-order valence-corrected chi connectivity index (χ4v) is 3.10. The van der Waals surface area contributed by atoms with Crippen LogP contribution in [0, 0.1) is 0 Å². The van der Waals surface area contributed by atoms with Crippen LogP contribution >= 0.6 is 0 Å². The van der Waals surface area contributed by atoms with E-state index in [2.05, 4.69) is 5.32 Å². The molecule has 1 fully saturated rings. The second-order valence-electron chi connectivity index (χ2n) is 5.75. The maximum Gasteiger partial charge on any atom is 0.318 e. The minimum absolute atomic E-state index is 0.00945. The highest BCUT2D eigenvalue weighted by Gasteiger charge is 2.31. The van der Waals surface area contributed by atoms with Gasteiger partial charge in [0.2, 0.25) is 0 Å². The van der Waals surface area contributed by atoms with Gasteiger partial charge in [-0.1, -0.05) is 0 Å². The number of carbonyl (C=O) groups is 1. The highest BCUT2D eigenvalue weighted by molar-refractivity contribution is 5.75. The first-order valence-electron chi connectivity index (χ1n) is 8.00. The number of furan rings is 1. The topological polar surface area (TPSA) is 63.9 Å². The molecule has 0 spiro atoms. The number of nitrogens with one attached hydrogen (secondary N) is 1. The number of benzene rings is 1. The van der Waals surface area contributed by atoms with E-state index in [4.69, 9.17) is 13.9 Å². The van der Waals surface area contributed by atoms with Gasteiger partial charge in [-0.05, 0) is 31.0 Å². The van der Waals surface area contributed by atoms with Crippen molar-refractivity contribution >= 4 is 6.03 Å². The second kappa shape index (κ2) is 7.29. The number of urea groups is 1. The van der Waals surface area contributed by atoms with Crippen molar-refractivity contribution in [2.45, 2.75) is 25.4 Å². The van der Waals surface area contributed by atoms with Gasteiger partial charge in [0.05, 0.1) is 32.8 Å². The van der Waals surface area contributed by atoms with Crippen LogP contribution in [0.15, 0.2) is 41.2 Å². The average Bonchev–Trinajstić information content (AvgIpc) is 3.30. The van der Waals surface area contributed by atoms with Crippen LogP contribution in [0.5, 0.6) is 11.5 Å². The van der Waals surface area contributed by atoms with Crippen molar-refractivity contribution in [3.63, 3.8) is 0 Å². The van der Waals surface area contributed by atoms with Crippen molar-refractivity contribution in [3.05, 3.63) is 47.9 Å². The Balaban J connectivity index is 1.74. The first-order chi connectivity index (χ1) is 11.7. The summed E-state index contributed by atoms with van der Waals surface area (Å²) in [5.41, 5.74) is 1.95. The molecule has 0 unspecified atom stereocenters. The quantitative estimate of drug-likeness (QED) is 0.913. The van der Waals surface area contributed by atoms with Gasteiger partial charge in [-0.3, -0.25) is 0 Å². The van der Waals surface area contributed by atoms with Crippen LogP contribution in [-0.2, 0) is 6.54 Å². The summed E-state index contributed by atoms with van der Waals surface area (Å²) in [6.45, 7) is 1.19. The largest absolute Gasteiger partial charge is 0.497 e. The number of likely N-dealkylation sites (tertiary alicyclic amines) is 1.